The van der Waals surface area contributed by atoms with E-state index in [1.807, 2.05) is 17.4 Å². The smallest absolute Gasteiger partial charge is 0.165 e. The topological polar surface area (TPSA) is 43.9 Å². The first-order valence-corrected chi connectivity index (χ1v) is 20.0. The number of aromatic nitrogens is 3. The van der Waals surface area contributed by atoms with Gasteiger partial charge in [-0.25, -0.2) is 9.97 Å². The first-order valence-electron chi connectivity index (χ1n) is 19.2. The fourth-order valence-corrected chi connectivity index (χ4v) is 10.2. The number of fused-ring (bicyclic) bond motifs is 14. The van der Waals surface area contributed by atoms with E-state index < -0.39 is 0 Å². The third-order valence-electron chi connectivity index (χ3n) is 11.8. The van der Waals surface area contributed by atoms with E-state index in [4.69, 9.17) is 14.4 Å². The van der Waals surface area contributed by atoms with Gasteiger partial charge in [-0.15, -0.1) is 11.3 Å². The quantitative estimate of drug-likeness (QED) is 0.169. The highest BCUT2D eigenvalue weighted by Gasteiger charge is 2.23. The molecule has 0 N–H and O–H groups in total. The summed E-state index contributed by atoms with van der Waals surface area (Å²) in [5, 5.41) is 11.6. The van der Waals surface area contributed by atoms with Crippen molar-refractivity contribution in [2.45, 2.75) is 0 Å². The van der Waals surface area contributed by atoms with E-state index in [0.29, 0.717) is 0 Å². The van der Waals surface area contributed by atoms with Crippen LogP contribution in [-0.4, -0.2) is 14.5 Å². The second-order valence-electron chi connectivity index (χ2n) is 14.9. The maximum Gasteiger partial charge on any atom is 0.165 e. The van der Waals surface area contributed by atoms with E-state index >= 15 is 0 Å². The summed E-state index contributed by atoms with van der Waals surface area (Å²) < 4.78 is 11.7. The van der Waals surface area contributed by atoms with Crippen LogP contribution in [0, 0.1) is 0 Å². The lowest BCUT2D eigenvalue weighted by Gasteiger charge is -2.15. The third kappa shape index (κ3) is 4.49. The SMILES string of the molecule is c1ccc(-c2nc3ccc4ccccc4c3nc2-n2c3ccc(-c4ccc5c(c4)sc4ccccc45)cc3c3cc4c(cc32)oc2c3ccccc3ccc42)cc1. The number of furan rings is 1. The number of benzene rings is 9. The normalized spacial score (nSPS) is 12.2. The van der Waals surface area contributed by atoms with Gasteiger partial charge in [0.1, 0.15) is 16.9 Å². The molecular weight excluding hydrogens is 715 g/mol. The van der Waals surface area contributed by atoms with Gasteiger partial charge in [-0.3, -0.25) is 4.57 Å². The van der Waals surface area contributed by atoms with E-state index in [2.05, 4.69) is 174 Å². The number of thiophene rings is 1. The van der Waals surface area contributed by atoms with E-state index in [1.54, 1.807) is 0 Å². The number of hydrogen-bond acceptors (Lipinski definition) is 4. The van der Waals surface area contributed by atoms with E-state index in [9.17, 15) is 0 Å². The molecule has 4 aromatic heterocycles. The van der Waals surface area contributed by atoms with E-state index in [1.165, 1.54) is 31.3 Å². The molecule has 0 atom stereocenters. The summed E-state index contributed by atoms with van der Waals surface area (Å²) in [6.45, 7) is 0. The van der Waals surface area contributed by atoms with Crippen molar-refractivity contribution in [3.8, 4) is 28.2 Å². The number of hydrogen-bond donors (Lipinski definition) is 0. The zero-order valence-corrected chi connectivity index (χ0v) is 31.2. The number of rotatable bonds is 3. The fraction of sp³-hybridized carbons (Fsp3) is 0. The molecule has 0 fully saturated rings. The van der Waals surface area contributed by atoms with Gasteiger partial charge in [0.05, 0.1) is 22.1 Å². The average Bonchev–Trinajstić information content (AvgIpc) is 3.94. The van der Waals surface area contributed by atoms with Gasteiger partial charge in [0.25, 0.3) is 0 Å². The molecule has 0 spiro atoms. The van der Waals surface area contributed by atoms with Crippen molar-refractivity contribution in [3.05, 3.63) is 176 Å². The fourth-order valence-electron chi connectivity index (χ4n) is 9.06. The zero-order valence-electron chi connectivity index (χ0n) is 30.4. The Morgan fingerprint density at radius 3 is 2.00 bits per heavy atom. The van der Waals surface area contributed by atoms with Crippen LogP contribution in [0.15, 0.2) is 180 Å². The molecule has 4 nitrogen and oxygen atoms in total. The first-order chi connectivity index (χ1) is 28.2. The average molecular weight is 744 g/mol. The summed E-state index contributed by atoms with van der Waals surface area (Å²) >= 11 is 1.85. The van der Waals surface area contributed by atoms with Crippen LogP contribution in [0.25, 0.3) is 125 Å². The van der Waals surface area contributed by atoms with Crippen molar-refractivity contribution < 1.29 is 4.42 Å². The predicted molar refractivity (Wildman–Crippen MR) is 240 cm³/mol. The van der Waals surface area contributed by atoms with Crippen LogP contribution < -0.4 is 0 Å². The van der Waals surface area contributed by atoms with Crippen LogP contribution in [0.5, 0.6) is 0 Å². The lowest BCUT2D eigenvalue weighted by Crippen LogP contribution is -2.04. The maximum absolute atomic E-state index is 6.81. The molecule has 264 valence electrons. The molecule has 4 heterocycles. The van der Waals surface area contributed by atoms with Gasteiger partial charge in [-0.05, 0) is 64.4 Å². The molecule has 0 radical (unpaired) electrons. The van der Waals surface area contributed by atoms with Crippen molar-refractivity contribution >= 4 is 108 Å². The summed E-state index contributed by atoms with van der Waals surface area (Å²) in [5.74, 6) is 0.783. The molecule has 0 amide bonds. The van der Waals surface area contributed by atoms with E-state index in [0.717, 1.165) is 93.4 Å². The Morgan fingerprint density at radius 2 is 1.11 bits per heavy atom. The molecule has 9 aromatic carbocycles. The Balaban J connectivity index is 1.15. The summed E-state index contributed by atoms with van der Waals surface area (Å²) in [7, 11) is 0. The molecule has 0 aliphatic carbocycles. The summed E-state index contributed by atoms with van der Waals surface area (Å²) in [6.07, 6.45) is 0. The van der Waals surface area contributed by atoms with Crippen molar-refractivity contribution in [2.75, 3.05) is 0 Å². The number of nitrogens with zero attached hydrogens (tertiary/aromatic N) is 3. The van der Waals surface area contributed by atoms with Crippen molar-refractivity contribution in [2.24, 2.45) is 0 Å². The van der Waals surface area contributed by atoms with Crippen LogP contribution in [-0.2, 0) is 0 Å². The van der Waals surface area contributed by atoms with Gasteiger partial charge in [0.15, 0.2) is 5.82 Å². The highest BCUT2D eigenvalue weighted by molar-refractivity contribution is 7.25. The van der Waals surface area contributed by atoms with Gasteiger partial charge < -0.3 is 4.42 Å². The molecule has 0 saturated carbocycles. The second kappa shape index (κ2) is 11.6. The van der Waals surface area contributed by atoms with Gasteiger partial charge in [0, 0.05) is 64.1 Å². The standard InChI is InChI=1S/C52H29N3OS/c1-2-12-32(13-3-1)49-52(54-50-35-14-6-4-10-30(35)20-24-43(50)53-49)55-44-25-21-33(34-19-22-38-37-16-8-9-17-47(37)57-48(38)27-34)26-40(44)41-28-42-39-23-18-31-11-5-7-15-36(31)51(39)56-46(42)29-45(41)55/h1-29H. The zero-order chi connectivity index (χ0) is 37.2. The molecule has 57 heavy (non-hydrogen) atoms. The minimum Gasteiger partial charge on any atom is -0.455 e. The molecular formula is C52H29N3OS. The molecule has 0 saturated heterocycles. The minimum atomic E-state index is 0.783. The van der Waals surface area contributed by atoms with Gasteiger partial charge in [-0.2, -0.15) is 0 Å². The van der Waals surface area contributed by atoms with Crippen LogP contribution in [0.2, 0.25) is 0 Å². The summed E-state index contributed by atoms with van der Waals surface area (Å²) in [4.78, 5) is 11.0. The minimum absolute atomic E-state index is 0.783. The largest absolute Gasteiger partial charge is 0.455 e. The summed E-state index contributed by atoms with van der Waals surface area (Å²) in [6, 6.07) is 62.9. The maximum atomic E-state index is 6.81. The monoisotopic (exact) mass is 743 g/mol. The molecule has 5 heteroatoms. The Bertz CT molecular complexity index is 3820. The van der Waals surface area contributed by atoms with Crippen molar-refractivity contribution in [1.29, 1.82) is 0 Å². The molecule has 13 aromatic rings. The predicted octanol–water partition coefficient (Wildman–Crippen LogP) is 14.6. The van der Waals surface area contributed by atoms with Crippen LogP contribution in [0.3, 0.4) is 0 Å². The molecule has 0 aliphatic heterocycles. The highest BCUT2D eigenvalue weighted by Crippen LogP contribution is 2.43. The van der Waals surface area contributed by atoms with Crippen LogP contribution >= 0.6 is 11.3 Å². The molecule has 0 unspecified atom stereocenters. The molecule has 13 rings (SSSR count). The lowest BCUT2D eigenvalue weighted by molar-refractivity contribution is 0.673. The Hall–Kier alpha value is -7.34. The Labute approximate surface area is 329 Å². The van der Waals surface area contributed by atoms with Crippen molar-refractivity contribution in [1.82, 2.24) is 14.5 Å². The molecule has 0 bridgehead atoms. The summed E-state index contributed by atoms with van der Waals surface area (Å²) in [5.41, 5.74) is 9.77. The lowest BCUT2D eigenvalue weighted by atomic mass is 10.0. The van der Waals surface area contributed by atoms with Gasteiger partial charge in [-0.1, -0.05) is 127 Å². The highest BCUT2D eigenvalue weighted by atomic mass is 32.1. The molecule has 0 aliphatic rings. The van der Waals surface area contributed by atoms with E-state index in [-0.39, 0.29) is 0 Å². The van der Waals surface area contributed by atoms with Gasteiger partial charge in [0.2, 0.25) is 0 Å². The van der Waals surface area contributed by atoms with Crippen LogP contribution in [0.1, 0.15) is 0 Å². The second-order valence-corrected chi connectivity index (χ2v) is 16.0. The first kappa shape index (κ1) is 30.9. The van der Waals surface area contributed by atoms with Gasteiger partial charge >= 0.3 is 0 Å². The Morgan fingerprint density at radius 1 is 0.421 bits per heavy atom. The van der Waals surface area contributed by atoms with Crippen molar-refractivity contribution in [3.63, 3.8) is 0 Å². The third-order valence-corrected chi connectivity index (χ3v) is 12.9. The Kier molecular flexibility index (Phi) is 6.29. The van der Waals surface area contributed by atoms with Crippen LogP contribution in [0.4, 0.5) is 0 Å².